The van der Waals surface area contributed by atoms with Crippen LogP contribution in [0.1, 0.15) is 62.1 Å². The Bertz CT molecular complexity index is 2240. The Hall–Kier alpha value is -4.58. The van der Waals surface area contributed by atoms with E-state index in [2.05, 4.69) is 24.8 Å². The van der Waals surface area contributed by atoms with Gasteiger partial charge in [0.25, 0.3) is 0 Å². The molecule has 8 rings (SSSR count). The second kappa shape index (κ2) is 13.1. The quantitative estimate of drug-likeness (QED) is 0.151. The normalized spacial score (nSPS) is 23.4. The van der Waals surface area contributed by atoms with Crippen molar-refractivity contribution >= 4 is 45.3 Å². The van der Waals surface area contributed by atoms with Crippen LogP contribution in [0.15, 0.2) is 81.7 Å². The summed E-state index contributed by atoms with van der Waals surface area (Å²) in [6, 6.07) is 16.0. The average Bonchev–Trinajstić information content (AvgIpc) is 3.83. The molecule has 270 valence electrons. The molecule has 0 radical (unpaired) electrons. The zero-order valence-electron chi connectivity index (χ0n) is 29.1. The third kappa shape index (κ3) is 6.18. The van der Waals surface area contributed by atoms with Crippen molar-refractivity contribution in [3.8, 4) is 5.75 Å². The number of aromatic nitrogens is 2. The molecular weight excluding hydrogens is 690 g/mol. The number of rotatable bonds is 10. The van der Waals surface area contributed by atoms with E-state index in [9.17, 15) is 18.7 Å². The van der Waals surface area contributed by atoms with Crippen molar-refractivity contribution in [3.63, 3.8) is 0 Å². The summed E-state index contributed by atoms with van der Waals surface area (Å²) in [5.74, 6) is -0.791. The van der Waals surface area contributed by atoms with Gasteiger partial charge in [-0.1, -0.05) is 74.9 Å². The van der Waals surface area contributed by atoms with Crippen LogP contribution >= 0.6 is 11.6 Å². The number of benzene rings is 3. The Morgan fingerprint density at radius 2 is 1.77 bits per heavy atom. The van der Waals surface area contributed by atoms with Gasteiger partial charge in [-0.15, -0.1) is 0 Å². The van der Waals surface area contributed by atoms with Crippen LogP contribution in [0.5, 0.6) is 5.75 Å². The van der Waals surface area contributed by atoms with E-state index in [-0.39, 0.29) is 29.7 Å². The van der Waals surface area contributed by atoms with Crippen LogP contribution in [0.3, 0.4) is 0 Å². The second-order valence-electron chi connectivity index (χ2n) is 15.0. The molecule has 2 unspecified atom stereocenters. The van der Waals surface area contributed by atoms with Crippen molar-refractivity contribution in [3.05, 3.63) is 106 Å². The predicted octanol–water partition coefficient (Wildman–Crippen LogP) is 8.69. The molecule has 0 saturated carbocycles. The molecule has 0 spiro atoms. The van der Waals surface area contributed by atoms with Crippen molar-refractivity contribution in [1.82, 2.24) is 19.8 Å². The summed E-state index contributed by atoms with van der Waals surface area (Å²) < 4.78 is 45.6. The Labute approximate surface area is 304 Å². The summed E-state index contributed by atoms with van der Waals surface area (Å²) in [4.78, 5) is 26.1. The fraction of sp³-hybridized carbons (Fsp3) is 0.375. The van der Waals surface area contributed by atoms with Crippen LogP contribution in [-0.2, 0) is 23.3 Å². The number of allylic oxidation sites excluding steroid dienone is 4. The summed E-state index contributed by atoms with van der Waals surface area (Å²) in [7, 11) is 0. The minimum Gasteiger partial charge on any atom is -0.480 e. The van der Waals surface area contributed by atoms with E-state index in [1.165, 1.54) is 6.07 Å². The van der Waals surface area contributed by atoms with Crippen LogP contribution in [0.4, 0.5) is 8.78 Å². The van der Waals surface area contributed by atoms with Crippen LogP contribution < -0.4 is 4.74 Å². The molecule has 1 N–H and O–H groups in total. The maximum atomic E-state index is 13.7. The number of carboxylic acids is 1. The Morgan fingerprint density at radius 3 is 2.48 bits per heavy atom. The summed E-state index contributed by atoms with van der Waals surface area (Å²) in [5, 5.41) is 10.3. The summed E-state index contributed by atoms with van der Waals surface area (Å²) in [5.41, 5.74) is 4.35. The number of ether oxygens (including phenoxy) is 1. The lowest BCUT2D eigenvalue weighted by Gasteiger charge is -2.46. The van der Waals surface area contributed by atoms with E-state index in [1.54, 1.807) is 11.0 Å². The monoisotopic (exact) mass is 728 g/mol. The third-order valence-electron chi connectivity index (χ3n) is 10.6. The average molecular weight is 729 g/mol. The molecule has 3 atom stereocenters. The van der Waals surface area contributed by atoms with Gasteiger partial charge in [-0.25, -0.2) is 9.97 Å². The van der Waals surface area contributed by atoms with E-state index in [0.717, 1.165) is 36.3 Å². The molecule has 2 aliphatic heterocycles. The molecule has 4 heterocycles. The lowest BCUT2D eigenvalue weighted by Crippen LogP contribution is -2.52. The number of alkyl halides is 2. The smallest absolute Gasteiger partial charge is 0.387 e. The molecule has 12 heteroatoms. The summed E-state index contributed by atoms with van der Waals surface area (Å²) >= 11 is 6.74. The fourth-order valence-electron chi connectivity index (χ4n) is 8.26. The molecule has 0 bridgehead atoms. The molecule has 0 amide bonds. The van der Waals surface area contributed by atoms with Crippen LogP contribution in [0.2, 0.25) is 5.02 Å². The van der Waals surface area contributed by atoms with Gasteiger partial charge in [0.1, 0.15) is 28.2 Å². The summed E-state index contributed by atoms with van der Waals surface area (Å²) in [6.07, 6.45) is 7.04. The van der Waals surface area contributed by atoms with Crippen molar-refractivity contribution in [2.45, 2.75) is 64.8 Å². The van der Waals surface area contributed by atoms with Crippen LogP contribution in [0.25, 0.3) is 27.8 Å². The Morgan fingerprint density at radius 1 is 1.04 bits per heavy atom. The zero-order valence-corrected chi connectivity index (χ0v) is 29.9. The van der Waals surface area contributed by atoms with Gasteiger partial charge >= 0.3 is 12.6 Å². The van der Waals surface area contributed by atoms with Gasteiger partial charge < -0.3 is 18.7 Å². The van der Waals surface area contributed by atoms with Gasteiger partial charge in [-0.3, -0.25) is 14.6 Å². The van der Waals surface area contributed by atoms with Crippen molar-refractivity contribution < 1.29 is 32.3 Å². The minimum absolute atomic E-state index is 0.0976. The summed E-state index contributed by atoms with van der Waals surface area (Å²) in [6.45, 7) is 6.94. The predicted molar refractivity (Wildman–Crippen MR) is 193 cm³/mol. The van der Waals surface area contributed by atoms with E-state index in [4.69, 9.17) is 35.1 Å². The van der Waals surface area contributed by atoms with Gasteiger partial charge in [0.2, 0.25) is 11.8 Å². The molecule has 9 nitrogen and oxygen atoms in total. The lowest BCUT2D eigenvalue weighted by atomic mass is 9.68. The van der Waals surface area contributed by atoms with Gasteiger partial charge in [0.15, 0.2) is 11.2 Å². The van der Waals surface area contributed by atoms with Gasteiger partial charge in [0, 0.05) is 48.7 Å². The molecular formula is C40H39ClF2N4O5. The number of carbonyl (C=O) groups is 1. The molecule has 52 heavy (non-hydrogen) atoms. The molecule has 5 aromatic rings. The van der Waals surface area contributed by atoms with E-state index in [0.29, 0.717) is 57.9 Å². The maximum absolute atomic E-state index is 13.7. The zero-order chi connectivity index (χ0) is 36.4. The Balaban J connectivity index is 1.24. The highest BCUT2D eigenvalue weighted by Crippen LogP contribution is 2.50. The molecule has 3 aliphatic rings. The first-order chi connectivity index (χ1) is 24.9. The number of hydrogen-bond donors (Lipinski definition) is 1. The Kier molecular flexibility index (Phi) is 8.71. The van der Waals surface area contributed by atoms with E-state index in [1.807, 2.05) is 61.5 Å². The minimum atomic E-state index is -3.10. The van der Waals surface area contributed by atoms with Crippen molar-refractivity contribution in [2.24, 2.45) is 11.3 Å². The van der Waals surface area contributed by atoms with Gasteiger partial charge in [-0.2, -0.15) is 8.78 Å². The number of likely N-dealkylation sites (tertiary alicyclic amines) is 2. The molecule has 2 fully saturated rings. The molecule has 2 saturated heterocycles. The third-order valence-corrected chi connectivity index (χ3v) is 11.0. The topological polar surface area (TPSA) is 105 Å². The van der Waals surface area contributed by atoms with Gasteiger partial charge in [0.05, 0.1) is 0 Å². The van der Waals surface area contributed by atoms with Crippen LogP contribution in [-0.4, -0.2) is 63.1 Å². The largest absolute Gasteiger partial charge is 0.480 e. The number of nitrogens with zero attached hydrogens (tertiary/aromatic N) is 4. The standard InChI is InChI=1S/C40H39ClF2N4O5/c1-23-26(27-8-4-5-10-28(27)41)9-6-14-40(23,36-44-29-13-12-24(16-33(29)50-36)19-46-21-39(2,3)22-46)37-45-30-17-25(20-47-15-7-11-31(47)35(48)49)32(52-38(42)43)18-34(30)51-37/h4-6,8-10,12-14,16-18,23,31,38H,7,11,15,19-22H2,1-3H3,(H,48,49)/t23?,31-,40?/m0/s1. The van der Waals surface area contributed by atoms with Crippen LogP contribution in [0, 0.1) is 11.3 Å². The highest BCUT2D eigenvalue weighted by molar-refractivity contribution is 6.32. The molecule has 2 aromatic heterocycles. The molecule has 1 aliphatic carbocycles. The second-order valence-corrected chi connectivity index (χ2v) is 15.4. The number of fused-ring (bicyclic) bond motifs is 2. The first-order valence-corrected chi connectivity index (χ1v) is 17.9. The number of hydrogen-bond acceptors (Lipinski definition) is 8. The first-order valence-electron chi connectivity index (χ1n) is 17.5. The number of halogens is 3. The first kappa shape index (κ1) is 34.5. The van der Waals surface area contributed by atoms with Gasteiger partial charge in [-0.05, 0) is 65.8 Å². The van der Waals surface area contributed by atoms with E-state index < -0.39 is 24.0 Å². The fourth-order valence-corrected chi connectivity index (χ4v) is 8.50. The van der Waals surface area contributed by atoms with E-state index >= 15 is 0 Å². The van der Waals surface area contributed by atoms with Crippen molar-refractivity contribution in [2.75, 3.05) is 19.6 Å². The SMILES string of the molecule is CC1C(c2ccccc2Cl)=CC=CC1(c1nc2ccc(CN3CC(C)(C)C3)cc2o1)c1nc2cc(CN3CCC[C@H]3C(=O)O)c(OC(F)F)cc2o1. The highest BCUT2D eigenvalue weighted by atomic mass is 35.5. The number of carboxylic acid groups (broad SMARTS) is 1. The van der Waals surface area contributed by atoms with Crippen molar-refractivity contribution in [1.29, 1.82) is 0 Å². The number of aliphatic carboxylic acids is 1. The highest BCUT2D eigenvalue weighted by Gasteiger charge is 2.50. The molecule has 3 aromatic carbocycles. The number of oxazole rings is 2. The maximum Gasteiger partial charge on any atom is 0.387 e. The lowest BCUT2D eigenvalue weighted by molar-refractivity contribution is -0.142.